The van der Waals surface area contributed by atoms with Crippen LogP contribution in [0.3, 0.4) is 0 Å². The monoisotopic (exact) mass is 281 g/mol. The first-order chi connectivity index (χ1) is 9.68. The largest absolute Gasteiger partial charge is 0.409 e. The summed E-state index contributed by atoms with van der Waals surface area (Å²) in [6.45, 7) is 0. The Morgan fingerprint density at radius 2 is 1.60 bits per heavy atom. The predicted octanol–water partition coefficient (Wildman–Crippen LogP) is 2.52. The van der Waals surface area contributed by atoms with Crippen LogP contribution in [0.2, 0.25) is 0 Å². The van der Waals surface area contributed by atoms with E-state index < -0.39 is 5.54 Å². The molecule has 0 saturated heterocycles. The molecule has 0 aliphatic heterocycles. The van der Waals surface area contributed by atoms with Crippen LogP contribution in [0.5, 0.6) is 0 Å². The average Bonchev–Trinajstić information content (AvgIpc) is 2.87. The van der Waals surface area contributed by atoms with Gasteiger partial charge in [0.1, 0.15) is 5.54 Å². The molecule has 0 aromatic carbocycles. The van der Waals surface area contributed by atoms with Gasteiger partial charge < -0.3 is 16.3 Å². The van der Waals surface area contributed by atoms with E-state index >= 15 is 0 Å². The quantitative estimate of drug-likeness (QED) is 0.321. The number of carbonyl (C=O) groups is 1. The molecule has 2 saturated carbocycles. The minimum absolute atomic E-state index is 0.0965. The fourth-order valence-electron chi connectivity index (χ4n) is 3.58. The van der Waals surface area contributed by atoms with Crippen molar-refractivity contribution in [2.24, 2.45) is 16.8 Å². The average molecular weight is 281 g/mol. The molecule has 5 heteroatoms. The first kappa shape index (κ1) is 15.1. The van der Waals surface area contributed by atoms with Crippen molar-refractivity contribution in [2.45, 2.75) is 76.2 Å². The maximum atomic E-state index is 12.5. The molecule has 20 heavy (non-hydrogen) atoms. The molecule has 1 amide bonds. The zero-order valence-corrected chi connectivity index (χ0v) is 12.2. The molecule has 0 atom stereocenters. The molecule has 0 aromatic heterocycles. The molecule has 2 rings (SSSR count). The summed E-state index contributed by atoms with van der Waals surface area (Å²) in [5, 5.41) is 15.2. The molecular formula is C15H27N3O2. The summed E-state index contributed by atoms with van der Waals surface area (Å²) in [5.41, 5.74) is 5.23. The van der Waals surface area contributed by atoms with E-state index in [-0.39, 0.29) is 17.7 Å². The summed E-state index contributed by atoms with van der Waals surface area (Å²) < 4.78 is 0. The Hall–Kier alpha value is -1.26. The molecule has 0 unspecified atom stereocenters. The summed E-state index contributed by atoms with van der Waals surface area (Å²) in [6.07, 6.45) is 11.6. The summed E-state index contributed by atoms with van der Waals surface area (Å²) >= 11 is 0. The number of amides is 1. The van der Waals surface area contributed by atoms with Gasteiger partial charge in [0, 0.05) is 5.92 Å². The Morgan fingerprint density at radius 1 is 1.05 bits per heavy atom. The molecule has 5 nitrogen and oxygen atoms in total. The van der Waals surface area contributed by atoms with Crippen LogP contribution in [-0.2, 0) is 4.79 Å². The molecule has 114 valence electrons. The fourth-order valence-corrected chi connectivity index (χ4v) is 3.58. The summed E-state index contributed by atoms with van der Waals surface area (Å²) in [5.74, 6) is 0.355. The lowest BCUT2D eigenvalue weighted by molar-refractivity contribution is -0.126. The first-order valence-electron chi connectivity index (χ1n) is 7.98. The molecule has 2 fully saturated rings. The van der Waals surface area contributed by atoms with Gasteiger partial charge in [-0.2, -0.15) is 0 Å². The number of hydrogen-bond acceptors (Lipinski definition) is 3. The van der Waals surface area contributed by atoms with Crippen molar-refractivity contribution >= 4 is 11.7 Å². The molecule has 0 heterocycles. The molecule has 0 bridgehead atoms. The Labute approximate surface area is 121 Å². The number of rotatable bonds is 3. The van der Waals surface area contributed by atoms with E-state index in [9.17, 15) is 4.79 Å². The second-order valence-corrected chi connectivity index (χ2v) is 6.31. The van der Waals surface area contributed by atoms with Crippen LogP contribution in [0.25, 0.3) is 0 Å². The summed E-state index contributed by atoms with van der Waals surface area (Å²) in [7, 11) is 0. The highest BCUT2D eigenvalue weighted by Gasteiger charge is 2.40. The van der Waals surface area contributed by atoms with Crippen LogP contribution < -0.4 is 11.1 Å². The van der Waals surface area contributed by atoms with Gasteiger partial charge in [-0.1, -0.05) is 50.1 Å². The number of amidine groups is 1. The highest BCUT2D eigenvalue weighted by molar-refractivity contribution is 5.94. The Morgan fingerprint density at radius 3 is 2.15 bits per heavy atom. The van der Waals surface area contributed by atoms with Gasteiger partial charge in [0.2, 0.25) is 5.91 Å². The maximum absolute atomic E-state index is 12.5. The van der Waals surface area contributed by atoms with Gasteiger partial charge in [-0.15, -0.1) is 0 Å². The SMILES string of the molecule is NC(=NO)C1(NC(=O)C2CCCCCCC2)CCCC1. The lowest BCUT2D eigenvalue weighted by Gasteiger charge is -2.31. The third-order valence-corrected chi connectivity index (χ3v) is 4.89. The van der Waals surface area contributed by atoms with Crippen molar-refractivity contribution in [3.05, 3.63) is 0 Å². The third-order valence-electron chi connectivity index (χ3n) is 4.89. The van der Waals surface area contributed by atoms with Gasteiger partial charge in [0.25, 0.3) is 0 Å². The lowest BCUT2D eigenvalue weighted by Crippen LogP contribution is -2.57. The number of carbonyl (C=O) groups excluding carboxylic acids is 1. The number of nitrogens with zero attached hydrogens (tertiary/aromatic N) is 1. The van der Waals surface area contributed by atoms with E-state index in [0.717, 1.165) is 51.4 Å². The second kappa shape index (κ2) is 6.95. The smallest absolute Gasteiger partial charge is 0.223 e. The molecule has 4 N–H and O–H groups in total. The fraction of sp³-hybridized carbons (Fsp3) is 0.867. The van der Waals surface area contributed by atoms with E-state index in [1.807, 2.05) is 0 Å². The van der Waals surface area contributed by atoms with Crippen molar-refractivity contribution in [3.8, 4) is 0 Å². The Bertz CT molecular complexity index is 354. The number of nitrogens with two attached hydrogens (primary N) is 1. The third kappa shape index (κ3) is 3.44. The first-order valence-corrected chi connectivity index (χ1v) is 7.98. The van der Waals surface area contributed by atoms with Gasteiger partial charge >= 0.3 is 0 Å². The predicted molar refractivity (Wildman–Crippen MR) is 78.6 cm³/mol. The van der Waals surface area contributed by atoms with E-state index in [0.29, 0.717) is 0 Å². The normalized spacial score (nSPS) is 24.9. The van der Waals surface area contributed by atoms with E-state index in [4.69, 9.17) is 10.9 Å². The molecule has 2 aliphatic carbocycles. The van der Waals surface area contributed by atoms with Crippen molar-refractivity contribution < 1.29 is 10.0 Å². The summed E-state index contributed by atoms with van der Waals surface area (Å²) in [4.78, 5) is 12.5. The van der Waals surface area contributed by atoms with Crippen LogP contribution in [-0.4, -0.2) is 22.5 Å². The van der Waals surface area contributed by atoms with Gasteiger partial charge in [0.15, 0.2) is 5.84 Å². The zero-order chi connectivity index (χ0) is 14.4. The van der Waals surface area contributed by atoms with Gasteiger partial charge in [-0.05, 0) is 25.7 Å². The van der Waals surface area contributed by atoms with Crippen LogP contribution in [0, 0.1) is 5.92 Å². The van der Waals surface area contributed by atoms with Crippen LogP contribution in [0.15, 0.2) is 5.16 Å². The Balaban J connectivity index is 2.00. The zero-order valence-electron chi connectivity index (χ0n) is 12.2. The van der Waals surface area contributed by atoms with Gasteiger partial charge in [-0.25, -0.2) is 0 Å². The topological polar surface area (TPSA) is 87.7 Å². The second-order valence-electron chi connectivity index (χ2n) is 6.31. The van der Waals surface area contributed by atoms with Crippen LogP contribution in [0.1, 0.15) is 70.6 Å². The minimum atomic E-state index is -0.603. The van der Waals surface area contributed by atoms with E-state index in [2.05, 4.69) is 10.5 Å². The van der Waals surface area contributed by atoms with E-state index in [1.54, 1.807) is 0 Å². The van der Waals surface area contributed by atoms with E-state index in [1.165, 1.54) is 19.3 Å². The highest BCUT2D eigenvalue weighted by Crippen LogP contribution is 2.31. The van der Waals surface area contributed by atoms with Gasteiger partial charge in [0.05, 0.1) is 0 Å². The van der Waals surface area contributed by atoms with Crippen molar-refractivity contribution in [2.75, 3.05) is 0 Å². The number of hydrogen-bond donors (Lipinski definition) is 3. The lowest BCUT2D eigenvalue weighted by atomic mass is 9.88. The molecule has 0 aromatic rings. The van der Waals surface area contributed by atoms with Crippen LogP contribution >= 0.6 is 0 Å². The van der Waals surface area contributed by atoms with Crippen molar-refractivity contribution in [3.63, 3.8) is 0 Å². The number of nitrogens with one attached hydrogen (secondary N) is 1. The molecule has 0 radical (unpaired) electrons. The highest BCUT2D eigenvalue weighted by atomic mass is 16.4. The summed E-state index contributed by atoms with van der Waals surface area (Å²) in [6, 6.07) is 0. The molecule has 0 spiro atoms. The van der Waals surface area contributed by atoms with Crippen molar-refractivity contribution in [1.82, 2.24) is 5.32 Å². The standard InChI is InChI=1S/C15H27N3O2/c16-14(18-20)15(10-6-7-11-15)17-13(19)12-8-4-2-1-3-5-9-12/h12,20H,1-11H2,(H2,16,18)(H,17,19). The molecular weight excluding hydrogens is 254 g/mol. The minimum Gasteiger partial charge on any atom is -0.409 e. The Kier molecular flexibility index (Phi) is 5.26. The van der Waals surface area contributed by atoms with Gasteiger partial charge in [-0.3, -0.25) is 4.79 Å². The molecule has 2 aliphatic rings. The maximum Gasteiger partial charge on any atom is 0.223 e. The number of oxime groups is 1. The van der Waals surface area contributed by atoms with Crippen molar-refractivity contribution in [1.29, 1.82) is 0 Å². The van der Waals surface area contributed by atoms with Crippen LogP contribution in [0.4, 0.5) is 0 Å².